The summed E-state index contributed by atoms with van der Waals surface area (Å²) in [4.78, 5) is 0. The Balaban J connectivity index is 2.65. The second-order valence-corrected chi connectivity index (χ2v) is 3.31. The van der Waals surface area contributed by atoms with Gasteiger partial charge in [0.1, 0.15) is 5.82 Å². The van der Waals surface area contributed by atoms with Crippen LogP contribution in [0, 0.1) is 17.1 Å². The van der Waals surface area contributed by atoms with Crippen LogP contribution in [0.5, 0.6) is 0 Å². The quantitative estimate of drug-likeness (QED) is 0.828. The number of halogens is 2. The molecule has 0 aliphatic carbocycles. The molecule has 0 saturated carbocycles. The second-order valence-electron chi connectivity index (χ2n) is 2.46. The van der Waals surface area contributed by atoms with Gasteiger partial charge in [-0.1, -0.05) is 0 Å². The van der Waals surface area contributed by atoms with Crippen LogP contribution < -0.4 is 5.32 Å². The van der Waals surface area contributed by atoms with Gasteiger partial charge in [0.2, 0.25) is 0 Å². The Bertz CT molecular complexity index is 333. The van der Waals surface area contributed by atoms with E-state index in [1.807, 2.05) is 6.07 Å². The number of hydrogen-bond acceptors (Lipinski definition) is 2. The third kappa shape index (κ3) is 3.03. The summed E-state index contributed by atoms with van der Waals surface area (Å²) in [6.45, 7) is 0.526. The molecule has 0 aliphatic rings. The normalized spacial score (nSPS) is 9.31. The van der Waals surface area contributed by atoms with Crippen LogP contribution in [-0.4, -0.2) is 6.54 Å². The molecular weight excluding hydrogens is 235 g/mol. The van der Waals surface area contributed by atoms with E-state index in [9.17, 15) is 4.39 Å². The fourth-order valence-electron chi connectivity index (χ4n) is 0.886. The van der Waals surface area contributed by atoms with Crippen molar-refractivity contribution in [2.75, 3.05) is 11.9 Å². The molecule has 0 saturated heterocycles. The minimum absolute atomic E-state index is 0.289. The molecule has 0 atom stereocenters. The van der Waals surface area contributed by atoms with Crippen molar-refractivity contribution in [3.8, 4) is 6.07 Å². The minimum Gasteiger partial charge on any atom is -0.383 e. The highest BCUT2D eigenvalue weighted by atomic mass is 79.9. The smallest absolute Gasteiger partial charge is 0.125 e. The maximum absolute atomic E-state index is 12.7. The van der Waals surface area contributed by atoms with Crippen LogP contribution >= 0.6 is 15.9 Å². The molecule has 1 aromatic rings. The van der Waals surface area contributed by atoms with Crippen LogP contribution in [0.3, 0.4) is 0 Å². The lowest BCUT2D eigenvalue weighted by Gasteiger charge is -2.05. The van der Waals surface area contributed by atoms with Crippen molar-refractivity contribution in [2.24, 2.45) is 0 Å². The monoisotopic (exact) mass is 242 g/mol. The fraction of sp³-hybridized carbons (Fsp3) is 0.222. The molecule has 68 valence electrons. The predicted molar refractivity (Wildman–Crippen MR) is 52.8 cm³/mol. The lowest BCUT2D eigenvalue weighted by atomic mass is 10.3. The van der Waals surface area contributed by atoms with Gasteiger partial charge in [-0.15, -0.1) is 0 Å². The lowest BCUT2D eigenvalue weighted by molar-refractivity contribution is 0.628. The zero-order valence-electron chi connectivity index (χ0n) is 6.85. The van der Waals surface area contributed by atoms with Crippen LogP contribution in [0.15, 0.2) is 22.7 Å². The van der Waals surface area contributed by atoms with Gasteiger partial charge in [-0.3, -0.25) is 0 Å². The van der Waals surface area contributed by atoms with E-state index in [1.54, 1.807) is 6.07 Å². The minimum atomic E-state index is -0.289. The van der Waals surface area contributed by atoms with Crippen molar-refractivity contribution in [1.82, 2.24) is 0 Å². The van der Waals surface area contributed by atoms with Gasteiger partial charge in [0, 0.05) is 11.0 Å². The molecule has 0 amide bonds. The zero-order valence-corrected chi connectivity index (χ0v) is 8.44. The second kappa shape index (κ2) is 4.83. The van der Waals surface area contributed by atoms with Crippen LogP contribution in [0.4, 0.5) is 10.1 Å². The zero-order chi connectivity index (χ0) is 9.68. The van der Waals surface area contributed by atoms with Gasteiger partial charge >= 0.3 is 0 Å². The summed E-state index contributed by atoms with van der Waals surface area (Å²) in [5.74, 6) is -0.289. The van der Waals surface area contributed by atoms with Crippen LogP contribution in [0.25, 0.3) is 0 Å². The van der Waals surface area contributed by atoms with Gasteiger partial charge in [-0.2, -0.15) is 5.26 Å². The Morgan fingerprint density at radius 2 is 2.31 bits per heavy atom. The summed E-state index contributed by atoms with van der Waals surface area (Å²) in [7, 11) is 0. The van der Waals surface area contributed by atoms with Crippen molar-refractivity contribution < 1.29 is 4.39 Å². The number of rotatable bonds is 3. The van der Waals surface area contributed by atoms with E-state index in [4.69, 9.17) is 5.26 Å². The molecule has 2 nitrogen and oxygen atoms in total. The van der Waals surface area contributed by atoms with Crippen LogP contribution in [-0.2, 0) is 0 Å². The molecule has 1 rings (SSSR count). The summed E-state index contributed by atoms with van der Waals surface area (Å²) < 4.78 is 13.5. The van der Waals surface area contributed by atoms with E-state index in [-0.39, 0.29) is 5.82 Å². The van der Waals surface area contributed by atoms with Crippen molar-refractivity contribution >= 4 is 21.6 Å². The number of nitrogens with zero attached hydrogens (tertiary/aromatic N) is 1. The molecule has 0 bridgehead atoms. The first-order valence-electron chi connectivity index (χ1n) is 3.80. The SMILES string of the molecule is N#CCCNc1cc(F)ccc1Br. The summed E-state index contributed by atoms with van der Waals surface area (Å²) in [5, 5.41) is 11.2. The maximum atomic E-state index is 12.7. The topological polar surface area (TPSA) is 35.8 Å². The van der Waals surface area contributed by atoms with Gasteiger partial charge in [0.05, 0.1) is 18.2 Å². The summed E-state index contributed by atoms with van der Waals surface area (Å²) >= 11 is 3.27. The molecule has 1 aromatic carbocycles. The highest BCUT2D eigenvalue weighted by Crippen LogP contribution is 2.22. The molecule has 0 aromatic heterocycles. The highest BCUT2D eigenvalue weighted by Gasteiger charge is 1.99. The maximum Gasteiger partial charge on any atom is 0.125 e. The number of hydrogen-bond donors (Lipinski definition) is 1. The third-order valence-electron chi connectivity index (χ3n) is 1.48. The van der Waals surface area contributed by atoms with Crippen LogP contribution in [0.1, 0.15) is 6.42 Å². The summed E-state index contributed by atoms with van der Waals surface area (Å²) in [5.41, 5.74) is 0.676. The summed E-state index contributed by atoms with van der Waals surface area (Å²) in [6, 6.07) is 6.39. The van der Waals surface area contributed by atoms with Crippen molar-refractivity contribution in [3.05, 3.63) is 28.5 Å². The molecule has 0 unspecified atom stereocenters. The van der Waals surface area contributed by atoms with Gasteiger partial charge in [-0.05, 0) is 34.1 Å². The fourth-order valence-corrected chi connectivity index (χ4v) is 1.27. The van der Waals surface area contributed by atoms with E-state index in [0.717, 1.165) is 4.47 Å². The first kappa shape index (κ1) is 10.0. The Labute approximate surface area is 84.5 Å². The molecule has 13 heavy (non-hydrogen) atoms. The Morgan fingerprint density at radius 3 is 3.00 bits per heavy atom. The van der Waals surface area contributed by atoms with Gasteiger partial charge in [0.25, 0.3) is 0 Å². The molecule has 4 heteroatoms. The van der Waals surface area contributed by atoms with Crippen molar-refractivity contribution in [1.29, 1.82) is 5.26 Å². The van der Waals surface area contributed by atoms with Gasteiger partial charge in [0.15, 0.2) is 0 Å². The predicted octanol–water partition coefficient (Wildman–Crippen LogP) is 2.91. The average molecular weight is 243 g/mol. The molecule has 1 N–H and O–H groups in total. The summed E-state index contributed by atoms with van der Waals surface area (Å²) in [6.07, 6.45) is 0.406. The van der Waals surface area contributed by atoms with E-state index < -0.39 is 0 Å². The Morgan fingerprint density at radius 1 is 1.54 bits per heavy atom. The number of nitrogens with one attached hydrogen (secondary N) is 1. The van der Waals surface area contributed by atoms with E-state index in [1.165, 1.54) is 12.1 Å². The Hall–Kier alpha value is -1.08. The lowest BCUT2D eigenvalue weighted by Crippen LogP contribution is -2.01. The number of nitriles is 1. The van der Waals surface area contributed by atoms with E-state index >= 15 is 0 Å². The Kier molecular flexibility index (Phi) is 3.71. The molecule has 0 spiro atoms. The third-order valence-corrected chi connectivity index (χ3v) is 2.17. The van der Waals surface area contributed by atoms with Gasteiger partial charge in [-0.25, -0.2) is 4.39 Å². The first-order valence-corrected chi connectivity index (χ1v) is 4.59. The average Bonchev–Trinajstić information content (AvgIpc) is 2.11. The first-order chi connectivity index (χ1) is 6.24. The number of anilines is 1. The largest absolute Gasteiger partial charge is 0.383 e. The number of benzene rings is 1. The molecule has 0 radical (unpaired) electrons. The van der Waals surface area contributed by atoms with Gasteiger partial charge < -0.3 is 5.32 Å². The van der Waals surface area contributed by atoms with E-state index in [0.29, 0.717) is 18.7 Å². The van der Waals surface area contributed by atoms with Crippen molar-refractivity contribution in [2.45, 2.75) is 6.42 Å². The highest BCUT2D eigenvalue weighted by molar-refractivity contribution is 9.10. The molecule has 0 aliphatic heterocycles. The van der Waals surface area contributed by atoms with E-state index in [2.05, 4.69) is 21.2 Å². The molecule has 0 fully saturated rings. The van der Waals surface area contributed by atoms with Crippen molar-refractivity contribution in [3.63, 3.8) is 0 Å². The standard InChI is InChI=1S/C9H8BrFN2/c10-8-3-2-7(11)6-9(8)13-5-1-4-12/h2-3,6,13H,1,5H2. The molecular formula is C9H8BrFN2. The molecule has 0 heterocycles. The van der Waals surface area contributed by atoms with Crippen LogP contribution in [0.2, 0.25) is 0 Å².